The van der Waals surface area contributed by atoms with Gasteiger partial charge in [-0.25, -0.2) is 0 Å². The number of furan rings is 1. The summed E-state index contributed by atoms with van der Waals surface area (Å²) in [4.78, 5) is 28.8. The zero-order valence-electron chi connectivity index (χ0n) is 16.3. The lowest BCUT2D eigenvalue weighted by Gasteiger charge is -2.07. The Balaban J connectivity index is 1.36. The molecule has 0 aliphatic rings. The number of carbonyl (C=O) groups excluding carboxylic acids is 2. The molecule has 31 heavy (non-hydrogen) atoms. The largest absolute Gasteiger partial charge is 0.444 e. The van der Waals surface area contributed by atoms with E-state index in [9.17, 15) is 9.59 Å². The highest BCUT2D eigenvalue weighted by molar-refractivity contribution is 9.10. The summed E-state index contributed by atoms with van der Waals surface area (Å²) in [6, 6.07) is 15.5. The van der Waals surface area contributed by atoms with E-state index in [1.54, 1.807) is 59.5 Å². The highest BCUT2D eigenvalue weighted by Crippen LogP contribution is 2.17. The van der Waals surface area contributed by atoms with E-state index in [-0.39, 0.29) is 11.7 Å². The molecular weight excluding hydrogens is 462 g/mol. The van der Waals surface area contributed by atoms with E-state index in [4.69, 9.17) is 4.42 Å². The van der Waals surface area contributed by atoms with Crippen LogP contribution in [-0.2, 0) is 13.0 Å². The van der Waals surface area contributed by atoms with E-state index in [1.807, 2.05) is 18.3 Å². The smallest absolute Gasteiger partial charge is 0.291 e. The second kappa shape index (κ2) is 9.40. The number of nitrogens with zero attached hydrogens (tertiary/aromatic N) is 3. The van der Waals surface area contributed by atoms with Crippen LogP contribution >= 0.6 is 15.9 Å². The van der Waals surface area contributed by atoms with Gasteiger partial charge in [0.25, 0.3) is 11.8 Å². The topological polar surface area (TPSA) is 102 Å². The van der Waals surface area contributed by atoms with Gasteiger partial charge < -0.3 is 15.1 Å². The summed E-state index contributed by atoms with van der Waals surface area (Å²) in [5, 5.41) is 9.87. The van der Waals surface area contributed by atoms with Crippen LogP contribution in [-0.4, -0.2) is 26.6 Å². The van der Waals surface area contributed by atoms with E-state index < -0.39 is 5.91 Å². The highest BCUT2D eigenvalue weighted by Gasteiger charge is 2.13. The Morgan fingerprint density at radius 1 is 1.00 bits per heavy atom. The van der Waals surface area contributed by atoms with Crippen molar-refractivity contribution >= 4 is 39.2 Å². The Hall–Kier alpha value is -3.72. The number of pyridine rings is 1. The average Bonchev–Trinajstić information content (AvgIpc) is 3.42. The fourth-order valence-electron chi connectivity index (χ4n) is 2.90. The lowest BCUT2D eigenvalue weighted by molar-refractivity contribution is 0.0992. The summed E-state index contributed by atoms with van der Waals surface area (Å²) in [5.74, 6) is -0.110. The van der Waals surface area contributed by atoms with E-state index in [0.717, 1.165) is 12.0 Å². The molecule has 0 saturated carbocycles. The van der Waals surface area contributed by atoms with Crippen molar-refractivity contribution in [1.82, 2.24) is 14.8 Å². The van der Waals surface area contributed by atoms with Gasteiger partial charge in [-0.05, 0) is 70.4 Å². The predicted molar refractivity (Wildman–Crippen MR) is 119 cm³/mol. The second-order valence-electron chi connectivity index (χ2n) is 6.66. The van der Waals surface area contributed by atoms with Crippen LogP contribution in [0.4, 0.5) is 11.5 Å². The number of hydrogen-bond acceptors (Lipinski definition) is 5. The van der Waals surface area contributed by atoms with Crippen LogP contribution in [0, 0.1) is 0 Å². The van der Waals surface area contributed by atoms with Gasteiger partial charge in [0.1, 0.15) is 0 Å². The summed E-state index contributed by atoms with van der Waals surface area (Å²) >= 11 is 3.16. The van der Waals surface area contributed by atoms with Gasteiger partial charge in [-0.2, -0.15) is 5.10 Å². The molecule has 2 amide bonds. The first-order valence-corrected chi connectivity index (χ1v) is 10.3. The Bertz CT molecular complexity index is 1200. The van der Waals surface area contributed by atoms with Crippen molar-refractivity contribution < 1.29 is 14.0 Å². The van der Waals surface area contributed by atoms with Gasteiger partial charge in [0, 0.05) is 42.5 Å². The van der Waals surface area contributed by atoms with Crippen LogP contribution in [0.3, 0.4) is 0 Å². The van der Waals surface area contributed by atoms with Crippen molar-refractivity contribution in [1.29, 1.82) is 0 Å². The number of halogens is 1. The summed E-state index contributed by atoms with van der Waals surface area (Å²) in [6.45, 7) is 0.685. The first-order valence-electron chi connectivity index (χ1n) is 9.47. The van der Waals surface area contributed by atoms with Crippen LogP contribution in [0.1, 0.15) is 26.5 Å². The van der Waals surface area contributed by atoms with E-state index >= 15 is 0 Å². The number of nitrogens with one attached hydrogen (secondary N) is 2. The molecule has 4 aromatic rings. The third kappa shape index (κ3) is 5.46. The first kappa shape index (κ1) is 20.5. The predicted octanol–water partition coefficient (Wildman–Crippen LogP) is 4.38. The van der Waals surface area contributed by atoms with E-state index in [1.165, 1.54) is 0 Å². The molecule has 0 fully saturated rings. The third-order valence-corrected chi connectivity index (χ3v) is 4.87. The standard InChI is InChI=1S/C22H18BrN5O3/c23-19-5-4-18(31-19)22(30)25-17-3-1-2-16(14-17)21(29)26-20-9-13-28(27-20)12-8-15-6-10-24-11-7-15/h1-7,9-11,13-14H,8,12H2,(H,25,30)(H,26,27,29). The van der Waals surface area contributed by atoms with Crippen LogP contribution < -0.4 is 10.6 Å². The van der Waals surface area contributed by atoms with Crippen LogP contribution in [0.25, 0.3) is 0 Å². The fraction of sp³-hybridized carbons (Fsp3) is 0.0909. The van der Waals surface area contributed by atoms with Gasteiger partial charge >= 0.3 is 0 Å². The molecule has 3 aromatic heterocycles. The molecule has 3 heterocycles. The summed E-state index contributed by atoms with van der Waals surface area (Å²) in [5.41, 5.74) is 2.04. The number of hydrogen-bond donors (Lipinski definition) is 2. The van der Waals surface area contributed by atoms with Gasteiger partial charge in [-0.3, -0.25) is 19.3 Å². The average molecular weight is 480 g/mol. The van der Waals surface area contributed by atoms with Gasteiger partial charge in [0.05, 0.1) is 0 Å². The second-order valence-corrected chi connectivity index (χ2v) is 7.44. The van der Waals surface area contributed by atoms with Crippen LogP contribution in [0.5, 0.6) is 0 Å². The Morgan fingerprint density at radius 3 is 2.61 bits per heavy atom. The number of rotatable bonds is 7. The maximum atomic E-state index is 12.6. The van der Waals surface area contributed by atoms with Crippen LogP contribution in [0.15, 0.2) is 82.3 Å². The molecule has 4 rings (SSSR count). The number of aromatic nitrogens is 3. The van der Waals surface area contributed by atoms with Crippen molar-refractivity contribution in [3.63, 3.8) is 0 Å². The van der Waals surface area contributed by atoms with Crippen molar-refractivity contribution in [2.24, 2.45) is 0 Å². The fourth-order valence-corrected chi connectivity index (χ4v) is 3.21. The van der Waals surface area contributed by atoms with E-state index in [0.29, 0.717) is 28.3 Å². The van der Waals surface area contributed by atoms with Crippen LogP contribution in [0.2, 0.25) is 0 Å². The molecule has 0 bridgehead atoms. The van der Waals surface area contributed by atoms with Crippen molar-refractivity contribution in [3.8, 4) is 0 Å². The molecule has 0 aliphatic carbocycles. The van der Waals surface area contributed by atoms with Crippen molar-refractivity contribution in [3.05, 3.63) is 94.7 Å². The molecule has 0 spiro atoms. The quantitative estimate of drug-likeness (QED) is 0.409. The molecule has 0 radical (unpaired) electrons. The molecule has 0 unspecified atom stereocenters. The molecule has 8 nitrogen and oxygen atoms in total. The summed E-state index contributed by atoms with van der Waals surface area (Å²) < 4.78 is 7.47. The lowest BCUT2D eigenvalue weighted by atomic mass is 10.2. The van der Waals surface area contributed by atoms with Gasteiger partial charge in [0.15, 0.2) is 16.2 Å². The molecule has 0 aliphatic heterocycles. The molecule has 9 heteroatoms. The highest BCUT2D eigenvalue weighted by atomic mass is 79.9. The molecule has 2 N–H and O–H groups in total. The zero-order chi connectivity index (χ0) is 21.6. The minimum absolute atomic E-state index is 0.166. The SMILES string of the molecule is O=C(Nc1ccn(CCc2ccncc2)n1)c1cccc(NC(=O)c2ccc(Br)o2)c1. The Morgan fingerprint density at radius 2 is 1.84 bits per heavy atom. The molecule has 0 atom stereocenters. The van der Waals surface area contributed by atoms with E-state index in [2.05, 4.69) is 36.6 Å². The normalized spacial score (nSPS) is 10.6. The minimum atomic E-state index is -0.406. The Kier molecular flexibility index (Phi) is 6.23. The molecular formula is C22H18BrN5O3. The molecule has 0 saturated heterocycles. The van der Waals surface area contributed by atoms with Gasteiger partial charge in [-0.15, -0.1) is 0 Å². The van der Waals surface area contributed by atoms with Gasteiger partial charge in [0.2, 0.25) is 0 Å². The maximum Gasteiger partial charge on any atom is 0.291 e. The number of aryl methyl sites for hydroxylation is 2. The monoisotopic (exact) mass is 479 g/mol. The number of benzene rings is 1. The zero-order valence-corrected chi connectivity index (χ0v) is 17.9. The van der Waals surface area contributed by atoms with Crippen molar-refractivity contribution in [2.45, 2.75) is 13.0 Å². The summed E-state index contributed by atoms with van der Waals surface area (Å²) in [7, 11) is 0. The number of amides is 2. The number of carbonyl (C=O) groups is 2. The molecule has 1 aromatic carbocycles. The number of anilines is 2. The minimum Gasteiger partial charge on any atom is -0.444 e. The summed E-state index contributed by atoms with van der Waals surface area (Å²) in [6.07, 6.45) is 6.14. The first-order chi connectivity index (χ1) is 15.1. The van der Waals surface area contributed by atoms with Crippen molar-refractivity contribution in [2.75, 3.05) is 10.6 Å². The third-order valence-electron chi connectivity index (χ3n) is 4.44. The maximum absolute atomic E-state index is 12.6. The van der Waals surface area contributed by atoms with Gasteiger partial charge in [-0.1, -0.05) is 6.07 Å². The Labute approximate surface area is 186 Å². The lowest BCUT2D eigenvalue weighted by Crippen LogP contribution is -2.15. The molecule has 156 valence electrons.